The van der Waals surface area contributed by atoms with Crippen LogP contribution >= 0.6 is 0 Å². The second kappa shape index (κ2) is 6.21. The van der Waals surface area contributed by atoms with Crippen molar-refractivity contribution in [2.75, 3.05) is 23.9 Å². The number of ketones is 1. The van der Waals surface area contributed by atoms with E-state index in [0.717, 1.165) is 17.9 Å². The molecule has 0 fully saturated rings. The van der Waals surface area contributed by atoms with E-state index in [-0.39, 0.29) is 18.5 Å². The molecule has 7 heteroatoms. The van der Waals surface area contributed by atoms with E-state index in [2.05, 4.69) is 20.6 Å². The Labute approximate surface area is 126 Å². The number of hydrogen-bond donors (Lipinski definition) is 2. The summed E-state index contributed by atoms with van der Waals surface area (Å²) in [6, 6.07) is 7.26. The minimum atomic E-state index is -0.362. The number of rotatable bonds is 0. The number of anilines is 2. The van der Waals surface area contributed by atoms with E-state index in [1.165, 1.54) is 0 Å². The molecule has 2 aromatic rings. The number of aromatic nitrogens is 2. The number of esters is 1. The van der Waals surface area contributed by atoms with Gasteiger partial charge in [-0.15, -0.1) is 0 Å². The van der Waals surface area contributed by atoms with Crippen molar-refractivity contribution in [3.63, 3.8) is 0 Å². The first-order valence-corrected chi connectivity index (χ1v) is 6.84. The highest BCUT2D eigenvalue weighted by Crippen LogP contribution is 2.18. The van der Waals surface area contributed by atoms with Crippen molar-refractivity contribution in [2.24, 2.45) is 0 Å². The number of nitrogens with one attached hydrogen (secondary N) is 2. The van der Waals surface area contributed by atoms with Gasteiger partial charge < -0.3 is 15.4 Å². The lowest BCUT2D eigenvalue weighted by atomic mass is 10.1. The molecule has 0 spiro atoms. The molecular weight excluding hydrogens is 284 g/mol. The smallest absolute Gasteiger partial charge is 0.360 e. The number of carbonyl (C=O) groups is 2. The zero-order chi connectivity index (χ0) is 15.4. The second-order valence-electron chi connectivity index (χ2n) is 4.65. The van der Waals surface area contributed by atoms with Gasteiger partial charge >= 0.3 is 5.97 Å². The first kappa shape index (κ1) is 14.0. The van der Waals surface area contributed by atoms with Gasteiger partial charge in [0.2, 0.25) is 0 Å². The van der Waals surface area contributed by atoms with E-state index in [4.69, 9.17) is 4.74 Å². The number of carbonyl (C=O) groups excluding carboxylic acids is 2. The van der Waals surface area contributed by atoms with Gasteiger partial charge in [0.15, 0.2) is 18.2 Å². The Kier molecular flexibility index (Phi) is 3.95. The van der Waals surface area contributed by atoms with Crippen LogP contribution in [-0.2, 0) is 4.74 Å². The van der Waals surface area contributed by atoms with Gasteiger partial charge in [-0.2, -0.15) is 0 Å². The average Bonchev–Trinajstić information content (AvgIpc) is 2.57. The van der Waals surface area contributed by atoms with Crippen LogP contribution in [0.5, 0.6) is 0 Å². The van der Waals surface area contributed by atoms with Crippen LogP contribution in [0.25, 0.3) is 0 Å². The molecule has 112 valence electrons. The van der Waals surface area contributed by atoms with Crippen LogP contribution in [0.3, 0.4) is 0 Å². The quantitative estimate of drug-likeness (QED) is 0.715. The molecule has 22 heavy (non-hydrogen) atoms. The average molecular weight is 298 g/mol. The summed E-state index contributed by atoms with van der Waals surface area (Å²) in [5.41, 5.74) is 2.55. The molecule has 0 aliphatic carbocycles. The Morgan fingerprint density at radius 2 is 1.64 bits per heavy atom. The highest BCUT2D eigenvalue weighted by molar-refractivity contribution is 6.01. The highest BCUT2D eigenvalue weighted by atomic mass is 16.5. The Hall–Kier alpha value is -2.96. The van der Waals surface area contributed by atoms with Gasteiger partial charge in [-0.25, -0.2) is 9.78 Å². The largest absolute Gasteiger partial charge is 0.440 e. The molecule has 0 unspecified atom stereocenters. The van der Waals surface area contributed by atoms with Gasteiger partial charge in [0.1, 0.15) is 5.69 Å². The van der Waals surface area contributed by atoms with E-state index < -0.39 is 0 Å². The fourth-order valence-corrected chi connectivity index (χ4v) is 2.16. The van der Waals surface area contributed by atoms with Crippen molar-refractivity contribution in [1.82, 2.24) is 9.97 Å². The summed E-state index contributed by atoms with van der Waals surface area (Å²) in [7, 11) is 0. The van der Waals surface area contributed by atoms with Crippen molar-refractivity contribution in [3.8, 4) is 0 Å². The summed E-state index contributed by atoms with van der Waals surface area (Å²) in [5, 5.41) is 6.00. The van der Waals surface area contributed by atoms with Gasteiger partial charge in [-0.3, -0.25) is 9.78 Å². The molecule has 2 aliphatic heterocycles. The molecule has 0 aromatic carbocycles. The third kappa shape index (κ3) is 2.88. The molecule has 0 saturated heterocycles. The van der Waals surface area contributed by atoms with Crippen LogP contribution in [0.2, 0.25) is 0 Å². The monoisotopic (exact) mass is 298 g/mol. The molecule has 0 amide bonds. The molecule has 0 saturated carbocycles. The fourth-order valence-electron chi connectivity index (χ4n) is 2.16. The maximum Gasteiger partial charge on any atom is 0.360 e. The first-order valence-electron chi connectivity index (χ1n) is 6.84. The number of nitrogens with zero attached hydrogens (tertiary/aromatic N) is 2. The predicted octanol–water partition coefficient (Wildman–Crippen LogP) is 1.70. The van der Waals surface area contributed by atoms with Crippen LogP contribution in [0, 0.1) is 0 Å². The number of ether oxygens (including phenoxy) is 1. The minimum Gasteiger partial charge on any atom is -0.440 e. The number of fused-ring (bicyclic) bond motifs is 2. The number of cyclic esters (lactones) is 1. The molecule has 4 rings (SSSR count). The summed E-state index contributed by atoms with van der Waals surface area (Å²) in [6.45, 7) is 0.967. The van der Waals surface area contributed by atoms with Gasteiger partial charge in [-0.05, 0) is 24.3 Å². The summed E-state index contributed by atoms with van der Waals surface area (Å²) in [5.74, 6) is -0.223. The zero-order valence-corrected chi connectivity index (χ0v) is 11.7. The maximum absolute atomic E-state index is 11.2. The van der Waals surface area contributed by atoms with Crippen molar-refractivity contribution in [1.29, 1.82) is 0 Å². The van der Waals surface area contributed by atoms with Crippen LogP contribution in [0.15, 0.2) is 36.7 Å². The van der Waals surface area contributed by atoms with Crippen LogP contribution in [0.1, 0.15) is 27.4 Å². The van der Waals surface area contributed by atoms with E-state index >= 15 is 0 Å². The summed E-state index contributed by atoms with van der Waals surface area (Å²) < 4.78 is 4.69. The lowest BCUT2D eigenvalue weighted by Crippen LogP contribution is -2.21. The summed E-state index contributed by atoms with van der Waals surface area (Å²) >= 11 is 0. The normalized spacial score (nSPS) is 15.1. The van der Waals surface area contributed by atoms with Crippen LogP contribution in [0.4, 0.5) is 11.4 Å². The van der Waals surface area contributed by atoms with Crippen molar-refractivity contribution >= 4 is 23.1 Å². The lowest BCUT2D eigenvalue weighted by molar-refractivity contribution is 0.0510. The van der Waals surface area contributed by atoms with Crippen molar-refractivity contribution in [2.45, 2.75) is 6.42 Å². The van der Waals surface area contributed by atoms with E-state index in [0.29, 0.717) is 17.8 Å². The minimum absolute atomic E-state index is 0.138. The van der Waals surface area contributed by atoms with Gasteiger partial charge in [-0.1, -0.05) is 0 Å². The third-order valence-corrected chi connectivity index (χ3v) is 3.21. The maximum atomic E-state index is 11.2. The second-order valence-corrected chi connectivity index (χ2v) is 4.65. The van der Waals surface area contributed by atoms with E-state index in [1.54, 1.807) is 24.5 Å². The number of Topliss-reactive ketones (excluding diaryl/α,β-unsaturated/α-hetero) is 1. The molecule has 2 aliphatic rings. The van der Waals surface area contributed by atoms with Gasteiger partial charge in [0, 0.05) is 25.4 Å². The SMILES string of the molecule is O=C1CCNc2cccnc21.O=C1OCNc2cccnc21. The molecule has 7 nitrogen and oxygen atoms in total. The van der Waals surface area contributed by atoms with E-state index in [9.17, 15) is 9.59 Å². The fraction of sp³-hybridized carbons (Fsp3) is 0.200. The Morgan fingerprint density at radius 1 is 0.955 bits per heavy atom. The van der Waals surface area contributed by atoms with Crippen LogP contribution in [-0.4, -0.2) is 35.0 Å². The first-order chi connectivity index (χ1) is 10.8. The lowest BCUT2D eigenvalue weighted by Gasteiger charge is -2.15. The summed E-state index contributed by atoms with van der Waals surface area (Å²) in [4.78, 5) is 30.0. The molecule has 0 radical (unpaired) electrons. The Balaban J connectivity index is 0.000000131. The molecule has 2 aromatic heterocycles. The molecule has 0 bridgehead atoms. The number of pyridine rings is 2. The zero-order valence-electron chi connectivity index (χ0n) is 11.7. The topological polar surface area (TPSA) is 93.2 Å². The molecule has 0 atom stereocenters. The predicted molar refractivity (Wildman–Crippen MR) is 79.8 cm³/mol. The Bertz CT molecular complexity index is 656. The highest BCUT2D eigenvalue weighted by Gasteiger charge is 2.18. The van der Waals surface area contributed by atoms with Gasteiger partial charge in [0.25, 0.3) is 0 Å². The molecule has 4 heterocycles. The Morgan fingerprint density at radius 3 is 2.32 bits per heavy atom. The van der Waals surface area contributed by atoms with Gasteiger partial charge in [0.05, 0.1) is 11.4 Å². The van der Waals surface area contributed by atoms with Crippen molar-refractivity contribution < 1.29 is 14.3 Å². The molecule has 2 N–H and O–H groups in total. The standard InChI is InChI=1S/C8H8N2O.C7H6N2O2/c11-7-3-5-9-6-2-1-4-10-8(6)7;10-7-6-5(9-4-11-7)2-1-3-8-6/h1-2,4,9H,3,5H2;1-3,9H,4H2. The van der Waals surface area contributed by atoms with E-state index in [1.807, 2.05) is 12.1 Å². The number of hydrogen-bond acceptors (Lipinski definition) is 7. The third-order valence-electron chi connectivity index (χ3n) is 3.21. The van der Waals surface area contributed by atoms with Crippen molar-refractivity contribution in [3.05, 3.63) is 48.0 Å². The van der Waals surface area contributed by atoms with Crippen LogP contribution < -0.4 is 10.6 Å². The molecular formula is C15H14N4O3. The summed E-state index contributed by atoms with van der Waals surface area (Å²) in [6.07, 6.45) is 3.76.